The van der Waals surface area contributed by atoms with Crippen LogP contribution < -0.4 is 0 Å². The van der Waals surface area contributed by atoms with Crippen LogP contribution in [0.4, 0.5) is 0 Å². The lowest BCUT2D eigenvalue weighted by Gasteiger charge is -2.31. The second kappa shape index (κ2) is 6.27. The van der Waals surface area contributed by atoms with Crippen LogP contribution in [0.25, 0.3) is 0 Å². The summed E-state index contributed by atoms with van der Waals surface area (Å²) in [6, 6.07) is 8.37. The van der Waals surface area contributed by atoms with Gasteiger partial charge in [-0.05, 0) is 38.3 Å². The van der Waals surface area contributed by atoms with E-state index in [2.05, 4.69) is 0 Å². The van der Waals surface area contributed by atoms with Gasteiger partial charge < -0.3 is 0 Å². The Morgan fingerprint density at radius 2 is 1.70 bits per heavy atom. The molecule has 0 bridgehead atoms. The zero-order valence-corrected chi connectivity index (χ0v) is 13.2. The van der Waals surface area contributed by atoms with Gasteiger partial charge >= 0.3 is 0 Å². The third-order valence-corrected chi connectivity index (χ3v) is 5.39. The molecule has 1 saturated carbocycles. The Bertz CT molecular complexity index is 514. The fraction of sp³-hybridized carbons (Fsp3) is 0.625. The number of hydrogen-bond acceptors (Lipinski definition) is 3. The van der Waals surface area contributed by atoms with Crippen LogP contribution in [0.5, 0.6) is 0 Å². The molecule has 1 aromatic carbocycles. The van der Waals surface area contributed by atoms with E-state index in [9.17, 15) is 8.42 Å². The summed E-state index contributed by atoms with van der Waals surface area (Å²) in [7, 11) is -3.67. The summed E-state index contributed by atoms with van der Waals surface area (Å²) in [5.74, 6) is 0.588. The molecule has 0 amide bonds. The van der Waals surface area contributed by atoms with E-state index in [0.717, 1.165) is 6.42 Å². The summed E-state index contributed by atoms with van der Waals surface area (Å²) in [5.41, 5.74) is -0.642. The van der Waals surface area contributed by atoms with Crippen molar-refractivity contribution in [2.24, 2.45) is 5.92 Å². The molecule has 3 nitrogen and oxygen atoms in total. The van der Waals surface area contributed by atoms with E-state index < -0.39 is 15.7 Å². The summed E-state index contributed by atoms with van der Waals surface area (Å²) in [4.78, 5) is 0.233. The largest absolute Gasteiger partial charge is 0.297 e. The van der Waals surface area contributed by atoms with Crippen LogP contribution in [0.3, 0.4) is 0 Å². The van der Waals surface area contributed by atoms with Gasteiger partial charge in [0.2, 0.25) is 0 Å². The van der Waals surface area contributed by atoms with Gasteiger partial charge in [0.1, 0.15) is 0 Å². The van der Waals surface area contributed by atoms with Crippen molar-refractivity contribution in [3.63, 3.8) is 0 Å². The smallest absolute Gasteiger partial charge is 0.260 e. The van der Waals surface area contributed by atoms with Gasteiger partial charge in [-0.1, -0.05) is 50.3 Å². The highest BCUT2D eigenvalue weighted by atomic mass is 32.2. The summed E-state index contributed by atoms with van der Waals surface area (Å²) in [6.07, 6.45) is 7.01. The van der Waals surface area contributed by atoms with Gasteiger partial charge in [0.25, 0.3) is 10.1 Å². The van der Waals surface area contributed by atoms with Crippen molar-refractivity contribution in [3.05, 3.63) is 30.3 Å². The third-order valence-electron chi connectivity index (χ3n) is 3.87. The van der Waals surface area contributed by atoms with Crippen LogP contribution in [-0.2, 0) is 14.3 Å². The predicted octanol–water partition coefficient (Wildman–Crippen LogP) is 4.14. The summed E-state index contributed by atoms with van der Waals surface area (Å²) < 4.78 is 30.0. The van der Waals surface area contributed by atoms with E-state index in [4.69, 9.17) is 4.18 Å². The highest BCUT2D eigenvalue weighted by molar-refractivity contribution is 7.86. The third kappa shape index (κ3) is 4.32. The lowest BCUT2D eigenvalue weighted by molar-refractivity contribution is 0.0783. The lowest BCUT2D eigenvalue weighted by Crippen LogP contribution is -2.31. The van der Waals surface area contributed by atoms with Gasteiger partial charge in [0, 0.05) is 0 Å². The van der Waals surface area contributed by atoms with E-state index in [0.29, 0.717) is 5.92 Å². The van der Waals surface area contributed by atoms with Crippen molar-refractivity contribution in [1.29, 1.82) is 0 Å². The first-order valence-electron chi connectivity index (χ1n) is 7.40. The Kier molecular flexibility index (Phi) is 4.86. The van der Waals surface area contributed by atoms with Gasteiger partial charge in [0.05, 0.1) is 10.5 Å². The molecule has 112 valence electrons. The maximum Gasteiger partial charge on any atom is 0.297 e. The number of benzene rings is 1. The van der Waals surface area contributed by atoms with Gasteiger partial charge in [-0.3, -0.25) is 4.18 Å². The number of hydrogen-bond donors (Lipinski definition) is 0. The molecule has 1 aliphatic rings. The molecule has 1 fully saturated rings. The average Bonchev–Trinajstić information content (AvgIpc) is 2.39. The minimum absolute atomic E-state index is 0.233. The topological polar surface area (TPSA) is 43.4 Å². The van der Waals surface area contributed by atoms with Crippen molar-refractivity contribution in [2.45, 2.75) is 62.9 Å². The predicted molar refractivity (Wildman–Crippen MR) is 80.0 cm³/mol. The normalized spacial score (nSPS) is 18.1. The maximum atomic E-state index is 12.3. The molecule has 1 aliphatic carbocycles. The van der Waals surface area contributed by atoms with Gasteiger partial charge in [-0.15, -0.1) is 0 Å². The van der Waals surface area contributed by atoms with Gasteiger partial charge in [-0.2, -0.15) is 8.42 Å². The second-order valence-corrected chi connectivity index (χ2v) is 7.86. The van der Waals surface area contributed by atoms with E-state index in [1.54, 1.807) is 30.3 Å². The molecule has 0 saturated heterocycles. The quantitative estimate of drug-likeness (QED) is 0.767. The summed E-state index contributed by atoms with van der Waals surface area (Å²) >= 11 is 0. The van der Waals surface area contributed by atoms with Crippen LogP contribution in [0.2, 0.25) is 0 Å². The highest BCUT2D eigenvalue weighted by Gasteiger charge is 2.31. The fourth-order valence-electron chi connectivity index (χ4n) is 3.05. The molecule has 4 heteroatoms. The minimum Gasteiger partial charge on any atom is -0.260 e. The summed E-state index contributed by atoms with van der Waals surface area (Å²) in [6.45, 7) is 3.75. The maximum absolute atomic E-state index is 12.3. The Balaban J connectivity index is 2.03. The van der Waals surface area contributed by atoms with Gasteiger partial charge in [0.15, 0.2) is 0 Å². The first-order valence-corrected chi connectivity index (χ1v) is 8.81. The Morgan fingerprint density at radius 3 is 2.30 bits per heavy atom. The van der Waals surface area contributed by atoms with Crippen molar-refractivity contribution in [1.82, 2.24) is 0 Å². The first kappa shape index (κ1) is 15.5. The summed E-state index contributed by atoms with van der Waals surface area (Å²) in [5, 5.41) is 0. The van der Waals surface area contributed by atoms with E-state index in [-0.39, 0.29) is 4.90 Å². The van der Waals surface area contributed by atoms with Crippen LogP contribution >= 0.6 is 0 Å². The molecule has 1 aromatic rings. The van der Waals surface area contributed by atoms with E-state index in [1.807, 2.05) is 13.8 Å². The zero-order chi connectivity index (χ0) is 14.6. The van der Waals surface area contributed by atoms with Crippen LogP contribution in [0, 0.1) is 5.92 Å². The Labute approximate surface area is 122 Å². The van der Waals surface area contributed by atoms with Crippen molar-refractivity contribution >= 4 is 10.1 Å². The molecule has 0 N–H and O–H groups in total. The van der Waals surface area contributed by atoms with E-state index in [1.165, 1.54) is 32.1 Å². The molecular weight excluding hydrogens is 272 g/mol. The molecule has 20 heavy (non-hydrogen) atoms. The Hall–Kier alpha value is -0.870. The fourth-order valence-corrected chi connectivity index (χ4v) is 4.30. The molecule has 0 aromatic heterocycles. The molecule has 0 unspecified atom stereocenters. The minimum atomic E-state index is -3.67. The van der Waals surface area contributed by atoms with Gasteiger partial charge in [-0.25, -0.2) is 0 Å². The first-order chi connectivity index (χ1) is 9.39. The molecular formula is C16H24O3S. The number of rotatable bonds is 5. The molecule has 0 atom stereocenters. The lowest BCUT2D eigenvalue weighted by atomic mass is 9.82. The molecule has 0 radical (unpaired) electrons. The average molecular weight is 296 g/mol. The van der Waals surface area contributed by atoms with Crippen molar-refractivity contribution < 1.29 is 12.6 Å². The van der Waals surface area contributed by atoms with Crippen molar-refractivity contribution in [2.75, 3.05) is 0 Å². The SMILES string of the molecule is CC(C)(CC1CCCCC1)OS(=O)(=O)c1ccccc1. The van der Waals surface area contributed by atoms with Crippen molar-refractivity contribution in [3.8, 4) is 0 Å². The molecule has 2 rings (SSSR count). The highest BCUT2D eigenvalue weighted by Crippen LogP contribution is 2.33. The molecule has 0 aliphatic heterocycles. The van der Waals surface area contributed by atoms with Crippen LogP contribution in [-0.4, -0.2) is 14.0 Å². The molecule has 0 heterocycles. The second-order valence-electron chi connectivity index (χ2n) is 6.32. The standard InChI is InChI=1S/C16H24O3S/c1-16(2,13-14-9-5-3-6-10-14)19-20(17,18)15-11-7-4-8-12-15/h4,7-8,11-12,14H,3,5-6,9-10,13H2,1-2H3. The monoisotopic (exact) mass is 296 g/mol. The molecule has 0 spiro atoms. The Morgan fingerprint density at radius 1 is 1.10 bits per heavy atom. The van der Waals surface area contributed by atoms with E-state index >= 15 is 0 Å². The van der Waals surface area contributed by atoms with Crippen LogP contribution in [0.15, 0.2) is 35.2 Å². The zero-order valence-electron chi connectivity index (χ0n) is 12.3. The van der Waals surface area contributed by atoms with Crippen LogP contribution in [0.1, 0.15) is 52.4 Å².